The first kappa shape index (κ1) is 17.6. The van der Waals surface area contributed by atoms with Gasteiger partial charge in [0.25, 0.3) is 11.8 Å². The number of aromatic nitrogens is 1. The zero-order chi connectivity index (χ0) is 18.8. The Morgan fingerprint density at radius 1 is 1.31 bits per heavy atom. The van der Waals surface area contributed by atoms with Crippen molar-refractivity contribution in [2.24, 2.45) is 5.73 Å². The molecule has 2 aromatic rings. The highest BCUT2D eigenvalue weighted by Crippen LogP contribution is 2.25. The number of hydrogen-bond acceptors (Lipinski definition) is 4. The van der Waals surface area contributed by atoms with Crippen molar-refractivity contribution < 1.29 is 14.4 Å². The van der Waals surface area contributed by atoms with Gasteiger partial charge in [0.2, 0.25) is 5.91 Å². The second-order valence-electron chi connectivity index (χ2n) is 5.72. The van der Waals surface area contributed by atoms with Crippen LogP contribution < -0.4 is 11.1 Å². The molecule has 0 bridgehead atoms. The lowest BCUT2D eigenvalue weighted by Crippen LogP contribution is -2.53. The van der Waals surface area contributed by atoms with Gasteiger partial charge in [0.15, 0.2) is 5.11 Å². The molecule has 1 aromatic heterocycles. The average molecular weight is 368 g/mol. The van der Waals surface area contributed by atoms with Crippen molar-refractivity contribution in [3.63, 3.8) is 0 Å². The molecule has 7 nitrogen and oxygen atoms in total. The topological polar surface area (TPSA) is 97.4 Å². The van der Waals surface area contributed by atoms with Crippen molar-refractivity contribution in [1.82, 2.24) is 14.8 Å². The number of nitrogens with one attached hydrogen (secondary N) is 1. The second-order valence-corrected chi connectivity index (χ2v) is 6.10. The number of carbonyl (C=O) groups excluding carboxylic acids is 3. The molecule has 0 saturated carbocycles. The lowest BCUT2D eigenvalue weighted by atomic mass is 10.1. The first-order chi connectivity index (χ1) is 12.4. The third-order valence-corrected chi connectivity index (χ3v) is 4.27. The van der Waals surface area contributed by atoms with Gasteiger partial charge in [0.1, 0.15) is 12.1 Å². The summed E-state index contributed by atoms with van der Waals surface area (Å²) in [7, 11) is 0. The molecule has 132 valence electrons. The first-order valence-corrected chi connectivity index (χ1v) is 8.19. The number of primary amides is 1. The standard InChI is InChI=1S/C18H16N4O3S/c1-2-7-22-17(25)13(16(24)20-18(22)26)8-11-9-21(10-15(19)23)14-6-4-3-5-12(11)14/h2-6,8-9H,1,7,10H2,(H2,19,23)(H,20,24,26)/b13-8-. The number of fused-ring (bicyclic) bond motifs is 1. The van der Waals surface area contributed by atoms with Gasteiger partial charge < -0.3 is 10.3 Å². The second kappa shape index (κ2) is 6.93. The maximum atomic E-state index is 12.6. The summed E-state index contributed by atoms with van der Waals surface area (Å²) >= 11 is 5.04. The Morgan fingerprint density at radius 2 is 2.04 bits per heavy atom. The normalized spacial score (nSPS) is 16.2. The van der Waals surface area contributed by atoms with Crippen LogP contribution in [0.5, 0.6) is 0 Å². The third-order valence-electron chi connectivity index (χ3n) is 3.94. The number of hydrogen-bond donors (Lipinski definition) is 2. The number of rotatable bonds is 5. The quantitative estimate of drug-likeness (QED) is 0.355. The zero-order valence-electron chi connectivity index (χ0n) is 13.8. The number of amides is 3. The Kier molecular flexibility index (Phi) is 4.68. The third kappa shape index (κ3) is 3.14. The molecule has 0 atom stereocenters. The van der Waals surface area contributed by atoms with Crippen LogP contribution >= 0.6 is 12.2 Å². The minimum atomic E-state index is -0.563. The van der Waals surface area contributed by atoms with E-state index < -0.39 is 17.7 Å². The van der Waals surface area contributed by atoms with E-state index in [-0.39, 0.29) is 23.8 Å². The first-order valence-electron chi connectivity index (χ1n) is 7.78. The molecule has 3 amide bonds. The van der Waals surface area contributed by atoms with Gasteiger partial charge in [-0.2, -0.15) is 0 Å². The fraction of sp³-hybridized carbons (Fsp3) is 0.111. The summed E-state index contributed by atoms with van der Waals surface area (Å²) in [4.78, 5) is 37.5. The van der Waals surface area contributed by atoms with E-state index >= 15 is 0 Å². The Balaban J connectivity index is 2.10. The fourth-order valence-electron chi connectivity index (χ4n) is 2.83. The molecule has 2 heterocycles. The molecule has 1 aromatic carbocycles. The van der Waals surface area contributed by atoms with Crippen LogP contribution in [-0.2, 0) is 20.9 Å². The minimum absolute atomic E-state index is 0.00347. The number of benzene rings is 1. The molecule has 1 fully saturated rings. The van der Waals surface area contributed by atoms with Crippen LogP contribution in [0.4, 0.5) is 0 Å². The van der Waals surface area contributed by atoms with Gasteiger partial charge in [0.05, 0.1) is 0 Å². The summed E-state index contributed by atoms with van der Waals surface area (Å²) in [5.41, 5.74) is 6.67. The van der Waals surface area contributed by atoms with Gasteiger partial charge in [-0.1, -0.05) is 24.3 Å². The van der Waals surface area contributed by atoms with E-state index in [0.717, 1.165) is 10.9 Å². The largest absolute Gasteiger partial charge is 0.368 e. The van der Waals surface area contributed by atoms with Gasteiger partial charge in [-0.05, 0) is 24.4 Å². The molecule has 1 aliphatic rings. The van der Waals surface area contributed by atoms with Crippen LogP contribution in [-0.4, -0.2) is 38.8 Å². The molecular formula is C18H16N4O3S. The highest BCUT2D eigenvalue weighted by molar-refractivity contribution is 7.80. The molecule has 26 heavy (non-hydrogen) atoms. The van der Waals surface area contributed by atoms with E-state index in [9.17, 15) is 14.4 Å². The SMILES string of the molecule is C=CCN1C(=O)/C(=C\c2cn(CC(N)=O)c3ccccc23)C(=O)NC1=S. The summed E-state index contributed by atoms with van der Waals surface area (Å²) in [5, 5.41) is 3.35. The summed E-state index contributed by atoms with van der Waals surface area (Å²) < 4.78 is 1.68. The number of nitrogens with two attached hydrogens (primary N) is 1. The van der Waals surface area contributed by atoms with Crippen molar-refractivity contribution in [3.8, 4) is 0 Å². The van der Waals surface area contributed by atoms with Gasteiger partial charge in [-0.15, -0.1) is 6.58 Å². The lowest BCUT2D eigenvalue weighted by Gasteiger charge is -2.27. The number of nitrogens with zero attached hydrogens (tertiary/aromatic N) is 2. The molecule has 0 spiro atoms. The summed E-state index contributed by atoms with van der Waals surface area (Å²) in [6, 6.07) is 7.35. The van der Waals surface area contributed by atoms with Crippen molar-refractivity contribution in [2.45, 2.75) is 6.54 Å². The Hall–Kier alpha value is -3.26. The van der Waals surface area contributed by atoms with E-state index in [0.29, 0.717) is 5.56 Å². The minimum Gasteiger partial charge on any atom is -0.368 e. The van der Waals surface area contributed by atoms with Gasteiger partial charge >= 0.3 is 0 Å². The molecule has 3 N–H and O–H groups in total. The highest BCUT2D eigenvalue weighted by Gasteiger charge is 2.32. The molecule has 8 heteroatoms. The van der Waals surface area contributed by atoms with Crippen molar-refractivity contribution in [3.05, 3.63) is 54.3 Å². The van der Waals surface area contributed by atoms with Crippen LogP contribution in [0.2, 0.25) is 0 Å². The number of thiocarbonyl (C=S) groups is 1. The molecule has 1 aliphatic heterocycles. The van der Waals surface area contributed by atoms with Crippen molar-refractivity contribution in [1.29, 1.82) is 0 Å². The fourth-order valence-corrected chi connectivity index (χ4v) is 3.08. The average Bonchev–Trinajstić information content (AvgIpc) is 2.92. The van der Waals surface area contributed by atoms with Crippen LogP contribution in [0.1, 0.15) is 5.56 Å². The molecule has 0 radical (unpaired) electrons. The van der Waals surface area contributed by atoms with E-state index in [1.54, 1.807) is 10.8 Å². The lowest BCUT2D eigenvalue weighted by molar-refractivity contribution is -0.128. The molecule has 0 unspecified atom stereocenters. The molecule has 0 aliphatic carbocycles. The summed E-state index contributed by atoms with van der Waals surface area (Å²) in [5.74, 6) is -1.55. The molecule has 1 saturated heterocycles. The van der Waals surface area contributed by atoms with Gasteiger partial charge in [0, 0.05) is 29.2 Å². The smallest absolute Gasteiger partial charge is 0.265 e. The van der Waals surface area contributed by atoms with Crippen LogP contribution in [0.25, 0.3) is 17.0 Å². The van der Waals surface area contributed by atoms with E-state index in [4.69, 9.17) is 18.0 Å². The Labute approximate surface area is 154 Å². The summed E-state index contributed by atoms with van der Waals surface area (Å²) in [6.45, 7) is 3.78. The zero-order valence-corrected chi connectivity index (χ0v) is 14.6. The number of carbonyl (C=O) groups is 3. The molecule has 3 rings (SSSR count). The Bertz CT molecular complexity index is 989. The van der Waals surface area contributed by atoms with Crippen LogP contribution in [0.15, 0.2) is 48.7 Å². The van der Waals surface area contributed by atoms with Crippen molar-refractivity contribution >= 4 is 52.0 Å². The van der Waals surface area contributed by atoms with Gasteiger partial charge in [-0.25, -0.2) is 0 Å². The van der Waals surface area contributed by atoms with E-state index in [1.165, 1.54) is 17.1 Å². The Morgan fingerprint density at radius 3 is 2.73 bits per heavy atom. The predicted molar refractivity (Wildman–Crippen MR) is 102 cm³/mol. The highest BCUT2D eigenvalue weighted by atomic mass is 32.1. The van der Waals surface area contributed by atoms with Crippen LogP contribution in [0, 0.1) is 0 Å². The summed E-state index contributed by atoms with van der Waals surface area (Å²) in [6.07, 6.45) is 4.71. The van der Waals surface area contributed by atoms with E-state index in [1.807, 2.05) is 24.3 Å². The van der Waals surface area contributed by atoms with Gasteiger partial charge in [-0.3, -0.25) is 24.6 Å². The maximum absolute atomic E-state index is 12.6. The van der Waals surface area contributed by atoms with E-state index in [2.05, 4.69) is 11.9 Å². The monoisotopic (exact) mass is 368 g/mol. The van der Waals surface area contributed by atoms with Crippen LogP contribution in [0.3, 0.4) is 0 Å². The maximum Gasteiger partial charge on any atom is 0.265 e. The number of para-hydroxylation sites is 1. The predicted octanol–water partition coefficient (Wildman–Crippen LogP) is 0.939. The molecular weight excluding hydrogens is 352 g/mol. The van der Waals surface area contributed by atoms with Crippen molar-refractivity contribution in [2.75, 3.05) is 6.54 Å².